The molecule has 0 N–H and O–H groups in total. The summed E-state index contributed by atoms with van der Waals surface area (Å²) in [6.45, 7) is 2.11. The molecule has 3 atom stereocenters. The number of benzene rings is 1. The quantitative estimate of drug-likeness (QED) is 0.764. The van der Waals surface area contributed by atoms with E-state index in [1.165, 1.54) is 0 Å². The Bertz CT molecular complexity index is 559. The summed E-state index contributed by atoms with van der Waals surface area (Å²) >= 11 is 0. The van der Waals surface area contributed by atoms with E-state index < -0.39 is 0 Å². The minimum Gasteiger partial charge on any atom is -0.497 e. The van der Waals surface area contributed by atoms with Gasteiger partial charge < -0.3 is 9.47 Å². The molecule has 1 aromatic carbocycles. The molecule has 0 saturated heterocycles. The van der Waals surface area contributed by atoms with E-state index in [0.717, 1.165) is 23.3 Å². The standard InChI is InChI=1S/C16H18O3/c1-9-5-4-6-11-12-7-10(18-2)8-13(19-3)15(12)16(17)14(9)11/h4-5,7-9,11,14H,6H2,1-3H3/t9-,11+,14+/m1/s1. The predicted molar refractivity (Wildman–Crippen MR) is 73.0 cm³/mol. The molecule has 0 spiro atoms. The number of ketones is 1. The first-order chi connectivity index (χ1) is 9.17. The van der Waals surface area contributed by atoms with Gasteiger partial charge in [-0.2, -0.15) is 0 Å². The summed E-state index contributed by atoms with van der Waals surface area (Å²) in [5, 5.41) is 0. The van der Waals surface area contributed by atoms with Gasteiger partial charge in [0.15, 0.2) is 5.78 Å². The highest BCUT2D eigenvalue weighted by Gasteiger charge is 2.44. The van der Waals surface area contributed by atoms with Crippen molar-refractivity contribution in [1.29, 1.82) is 0 Å². The molecule has 0 bridgehead atoms. The van der Waals surface area contributed by atoms with E-state index in [9.17, 15) is 4.79 Å². The highest BCUT2D eigenvalue weighted by Crippen LogP contribution is 2.50. The largest absolute Gasteiger partial charge is 0.497 e. The third kappa shape index (κ3) is 1.68. The number of methoxy groups -OCH3 is 2. The number of carbonyl (C=O) groups excluding carboxylic acids is 1. The molecule has 0 unspecified atom stereocenters. The van der Waals surface area contributed by atoms with Crippen LogP contribution in [0.2, 0.25) is 0 Å². The number of carbonyl (C=O) groups is 1. The molecule has 100 valence electrons. The normalized spacial score (nSPS) is 27.9. The lowest BCUT2D eigenvalue weighted by molar-refractivity contribution is 0.0890. The molecule has 3 rings (SSSR count). The molecule has 2 aliphatic carbocycles. The highest BCUT2D eigenvalue weighted by atomic mass is 16.5. The Morgan fingerprint density at radius 1 is 1.21 bits per heavy atom. The highest BCUT2D eigenvalue weighted by molar-refractivity contribution is 6.06. The SMILES string of the molecule is COc1cc(OC)c2c(c1)[C@@H]1CC=C[C@@H](C)[C@@H]1C2=O. The third-order valence-corrected chi connectivity index (χ3v) is 4.34. The molecule has 1 aromatic rings. The van der Waals surface area contributed by atoms with Gasteiger partial charge in [-0.3, -0.25) is 4.79 Å². The number of hydrogen-bond donors (Lipinski definition) is 0. The monoisotopic (exact) mass is 258 g/mol. The number of fused-ring (bicyclic) bond motifs is 3. The van der Waals surface area contributed by atoms with E-state index in [2.05, 4.69) is 19.1 Å². The zero-order chi connectivity index (χ0) is 13.6. The zero-order valence-electron chi connectivity index (χ0n) is 11.5. The first kappa shape index (κ1) is 12.3. The minimum absolute atomic E-state index is 0.0565. The third-order valence-electron chi connectivity index (χ3n) is 4.34. The molecule has 0 amide bonds. The molecule has 3 heteroatoms. The summed E-state index contributed by atoms with van der Waals surface area (Å²) in [6, 6.07) is 3.79. The zero-order valence-corrected chi connectivity index (χ0v) is 11.5. The molecular weight excluding hydrogens is 240 g/mol. The topological polar surface area (TPSA) is 35.5 Å². The van der Waals surface area contributed by atoms with E-state index >= 15 is 0 Å². The van der Waals surface area contributed by atoms with E-state index in [-0.39, 0.29) is 23.5 Å². The molecule has 0 fully saturated rings. The van der Waals surface area contributed by atoms with Crippen LogP contribution in [0.1, 0.15) is 35.2 Å². The first-order valence-electron chi connectivity index (χ1n) is 6.64. The number of Topliss-reactive ketones (excluding diaryl/α,β-unsaturated/α-hetero) is 1. The minimum atomic E-state index is 0.0565. The van der Waals surface area contributed by atoms with Gasteiger partial charge in [0, 0.05) is 12.0 Å². The fourth-order valence-corrected chi connectivity index (χ4v) is 3.43. The van der Waals surface area contributed by atoms with Crippen LogP contribution in [-0.4, -0.2) is 20.0 Å². The lowest BCUT2D eigenvalue weighted by atomic mass is 9.77. The van der Waals surface area contributed by atoms with Crippen molar-refractivity contribution in [2.75, 3.05) is 14.2 Å². The molecule has 0 saturated carbocycles. The van der Waals surface area contributed by atoms with Gasteiger partial charge in [0.1, 0.15) is 11.5 Å². The molecular formula is C16H18O3. The molecule has 3 nitrogen and oxygen atoms in total. The summed E-state index contributed by atoms with van der Waals surface area (Å²) in [6.07, 6.45) is 5.25. The second-order valence-corrected chi connectivity index (χ2v) is 5.31. The van der Waals surface area contributed by atoms with E-state index in [1.807, 2.05) is 6.07 Å². The number of hydrogen-bond acceptors (Lipinski definition) is 3. The fourth-order valence-electron chi connectivity index (χ4n) is 3.43. The van der Waals surface area contributed by atoms with Crippen molar-refractivity contribution in [3.8, 4) is 11.5 Å². The van der Waals surface area contributed by atoms with Crippen LogP contribution < -0.4 is 9.47 Å². The molecule has 19 heavy (non-hydrogen) atoms. The van der Waals surface area contributed by atoms with Crippen molar-refractivity contribution in [1.82, 2.24) is 0 Å². The Morgan fingerprint density at radius 2 is 2.00 bits per heavy atom. The van der Waals surface area contributed by atoms with Crippen LogP contribution in [0.3, 0.4) is 0 Å². The fraction of sp³-hybridized carbons (Fsp3) is 0.438. The van der Waals surface area contributed by atoms with E-state index in [4.69, 9.17) is 9.47 Å². The van der Waals surface area contributed by atoms with Crippen molar-refractivity contribution in [3.63, 3.8) is 0 Å². The Morgan fingerprint density at radius 3 is 2.68 bits per heavy atom. The lowest BCUT2D eigenvalue weighted by Crippen LogP contribution is -2.23. The van der Waals surface area contributed by atoms with Gasteiger partial charge >= 0.3 is 0 Å². The smallest absolute Gasteiger partial charge is 0.171 e. The van der Waals surface area contributed by atoms with Crippen molar-refractivity contribution >= 4 is 5.78 Å². The van der Waals surface area contributed by atoms with Gasteiger partial charge in [0.2, 0.25) is 0 Å². The van der Waals surface area contributed by atoms with Crippen LogP contribution in [0.15, 0.2) is 24.3 Å². The van der Waals surface area contributed by atoms with Crippen molar-refractivity contribution < 1.29 is 14.3 Å². The molecule has 0 radical (unpaired) electrons. The maximum Gasteiger partial charge on any atom is 0.171 e. The lowest BCUT2D eigenvalue weighted by Gasteiger charge is -2.26. The number of rotatable bonds is 2. The summed E-state index contributed by atoms with van der Waals surface area (Å²) in [5.41, 5.74) is 1.84. The van der Waals surface area contributed by atoms with Crippen molar-refractivity contribution in [2.24, 2.45) is 11.8 Å². The van der Waals surface area contributed by atoms with Gasteiger partial charge in [-0.1, -0.05) is 19.1 Å². The average Bonchev–Trinajstić information content (AvgIpc) is 2.72. The van der Waals surface area contributed by atoms with Crippen LogP contribution >= 0.6 is 0 Å². The van der Waals surface area contributed by atoms with Crippen LogP contribution in [0.5, 0.6) is 11.5 Å². The van der Waals surface area contributed by atoms with Crippen LogP contribution in [0.4, 0.5) is 0 Å². The van der Waals surface area contributed by atoms with Crippen molar-refractivity contribution in [3.05, 3.63) is 35.4 Å². The van der Waals surface area contributed by atoms with Crippen LogP contribution in [0.25, 0.3) is 0 Å². The van der Waals surface area contributed by atoms with E-state index in [1.54, 1.807) is 20.3 Å². The second-order valence-electron chi connectivity index (χ2n) is 5.31. The summed E-state index contributed by atoms with van der Waals surface area (Å²) in [5.74, 6) is 2.23. The molecule has 0 aromatic heterocycles. The molecule has 2 aliphatic rings. The maximum absolute atomic E-state index is 12.7. The summed E-state index contributed by atoms with van der Waals surface area (Å²) < 4.78 is 10.7. The van der Waals surface area contributed by atoms with Gasteiger partial charge in [-0.15, -0.1) is 0 Å². The van der Waals surface area contributed by atoms with Gasteiger partial charge in [0.25, 0.3) is 0 Å². The Kier molecular flexibility index (Phi) is 2.85. The summed E-state index contributed by atoms with van der Waals surface area (Å²) in [7, 11) is 3.24. The predicted octanol–water partition coefficient (Wildman–Crippen LogP) is 3.20. The molecule has 0 aliphatic heterocycles. The number of allylic oxidation sites excluding steroid dienone is 2. The van der Waals surface area contributed by atoms with Gasteiger partial charge in [-0.25, -0.2) is 0 Å². The van der Waals surface area contributed by atoms with Crippen LogP contribution in [-0.2, 0) is 0 Å². The molecule has 0 heterocycles. The Balaban J connectivity index is 2.18. The van der Waals surface area contributed by atoms with Crippen LogP contribution in [0, 0.1) is 11.8 Å². The van der Waals surface area contributed by atoms with Gasteiger partial charge in [-0.05, 0) is 29.9 Å². The van der Waals surface area contributed by atoms with Gasteiger partial charge in [0.05, 0.1) is 19.8 Å². The Labute approximate surface area is 113 Å². The average molecular weight is 258 g/mol. The first-order valence-corrected chi connectivity index (χ1v) is 6.64. The Hall–Kier alpha value is -1.77. The van der Waals surface area contributed by atoms with E-state index in [0.29, 0.717) is 5.75 Å². The van der Waals surface area contributed by atoms with Crippen molar-refractivity contribution in [2.45, 2.75) is 19.3 Å². The maximum atomic E-state index is 12.7. The second kappa shape index (κ2) is 4.41. The summed E-state index contributed by atoms with van der Waals surface area (Å²) in [4.78, 5) is 12.7. The number of ether oxygens (including phenoxy) is 2.